The number of pyridine rings is 1. The molecule has 106 valence electrons. The zero-order valence-electron chi connectivity index (χ0n) is 12.0. The van der Waals surface area contributed by atoms with Gasteiger partial charge in [0.25, 0.3) is 0 Å². The molecule has 1 saturated carbocycles. The summed E-state index contributed by atoms with van der Waals surface area (Å²) < 4.78 is 0. The van der Waals surface area contributed by atoms with Crippen molar-refractivity contribution >= 4 is 16.5 Å². The number of anilines is 1. The SMILES string of the molecule is CNCc1sc(N(C)Cc2ccccn2)nc1C1CC1. The van der Waals surface area contributed by atoms with E-state index in [1.165, 1.54) is 23.4 Å². The van der Waals surface area contributed by atoms with Gasteiger partial charge >= 0.3 is 0 Å². The van der Waals surface area contributed by atoms with Gasteiger partial charge in [0, 0.05) is 30.6 Å². The van der Waals surface area contributed by atoms with Crippen molar-refractivity contribution in [3.63, 3.8) is 0 Å². The van der Waals surface area contributed by atoms with Crippen LogP contribution in [0.2, 0.25) is 0 Å². The van der Waals surface area contributed by atoms with Gasteiger partial charge in [-0.05, 0) is 32.0 Å². The fourth-order valence-corrected chi connectivity index (χ4v) is 3.40. The van der Waals surface area contributed by atoms with Gasteiger partial charge in [-0.2, -0.15) is 0 Å². The first-order valence-corrected chi connectivity index (χ1v) is 7.85. The molecule has 2 aromatic rings. The second-order valence-electron chi connectivity index (χ2n) is 5.29. The number of nitrogens with one attached hydrogen (secondary N) is 1. The van der Waals surface area contributed by atoms with Crippen LogP contribution in [-0.2, 0) is 13.1 Å². The third kappa shape index (κ3) is 2.99. The monoisotopic (exact) mass is 288 g/mol. The second-order valence-corrected chi connectivity index (χ2v) is 6.35. The highest BCUT2D eigenvalue weighted by Gasteiger charge is 2.29. The average molecular weight is 288 g/mol. The minimum atomic E-state index is 0.701. The molecule has 1 aliphatic rings. The summed E-state index contributed by atoms with van der Waals surface area (Å²) in [6.07, 6.45) is 4.43. The molecule has 20 heavy (non-hydrogen) atoms. The highest BCUT2D eigenvalue weighted by molar-refractivity contribution is 7.15. The lowest BCUT2D eigenvalue weighted by molar-refractivity contribution is 0.811. The topological polar surface area (TPSA) is 41.0 Å². The van der Waals surface area contributed by atoms with E-state index in [1.807, 2.05) is 25.4 Å². The molecule has 0 amide bonds. The summed E-state index contributed by atoms with van der Waals surface area (Å²) in [5.74, 6) is 0.701. The Morgan fingerprint density at radius 2 is 2.25 bits per heavy atom. The fourth-order valence-electron chi connectivity index (χ4n) is 2.28. The molecule has 0 spiro atoms. The third-order valence-electron chi connectivity index (χ3n) is 3.47. The third-order valence-corrected chi connectivity index (χ3v) is 4.65. The number of aromatic nitrogens is 2. The van der Waals surface area contributed by atoms with E-state index in [4.69, 9.17) is 4.98 Å². The molecule has 0 radical (unpaired) electrons. The first-order valence-electron chi connectivity index (χ1n) is 7.03. The van der Waals surface area contributed by atoms with Gasteiger partial charge in [-0.15, -0.1) is 11.3 Å². The zero-order valence-corrected chi connectivity index (χ0v) is 12.8. The minimum Gasteiger partial charge on any atom is -0.345 e. The Balaban J connectivity index is 1.77. The van der Waals surface area contributed by atoms with Crippen LogP contribution in [0.4, 0.5) is 5.13 Å². The Labute approximate surface area is 123 Å². The highest BCUT2D eigenvalue weighted by atomic mass is 32.1. The van der Waals surface area contributed by atoms with Crippen molar-refractivity contribution < 1.29 is 0 Å². The summed E-state index contributed by atoms with van der Waals surface area (Å²) >= 11 is 1.80. The highest BCUT2D eigenvalue weighted by Crippen LogP contribution is 2.44. The van der Waals surface area contributed by atoms with Crippen molar-refractivity contribution in [3.05, 3.63) is 40.7 Å². The van der Waals surface area contributed by atoms with Crippen molar-refractivity contribution in [2.24, 2.45) is 0 Å². The standard InChI is InChI=1S/C15H20N4S/c1-16-9-13-14(11-6-7-11)18-15(20-13)19(2)10-12-5-3-4-8-17-12/h3-5,8,11,16H,6-7,9-10H2,1-2H3. The number of hydrogen-bond donors (Lipinski definition) is 1. The van der Waals surface area contributed by atoms with Crippen LogP contribution in [0.3, 0.4) is 0 Å². The van der Waals surface area contributed by atoms with E-state index in [-0.39, 0.29) is 0 Å². The maximum atomic E-state index is 4.86. The molecule has 5 heteroatoms. The summed E-state index contributed by atoms with van der Waals surface area (Å²) in [6.45, 7) is 1.72. The van der Waals surface area contributed by atoms with Crippen LogP contribution in [-0.4, -0.2) is 24.1 Å². The van der Waals surface area contributed by atoms with Crippen molar-refractivity contribution in [1.29, 1.82) is 0 Å². The molecule has 1 N–H and O–H groups in total. The molecular formula is C15H20N4S. The maximum Gasteiger partial charge on any atom is 0.185 e. The minimum absolute atomic E-state index is 0.701. The van der Waals surface area contributed by atoms with E-state index in [0.29, 0.717) is 5.92 Å². The van der Waals surface area contributed by atoms with Gasteiger partial charge in [-0.25, -0.2) is 4.98 Å². The van der Waals surface area contributed by atoms with Gasteiger partial charge < -0.3 is 10.2 Å². The van der Waals surface area contributed by atoms with Crippen LogP contribution in [0.5, 0.6) is 0 Å². The molecule has 4 nitrogen and oxygen atoms in total. The molecule has 0 bridgehead atoms. The molecule has 2 heterocycles. The van der Waals surface area contributed by atoms with E-state index in [1.54, 1.807) is 11.3 Å². The molecule has 0 aromatic carbocycles. The number of nitrogens with zero attached hydrogens (tertiary/aromatic N) is 3. The summed E-state index contributed by atoms with van der Waals surface area (Å²) in [4.78, 5) is 12.8. The second kappa shape index (κ2) is 5.89. The predicted octanol–water partition coefficient (Wildman–Crippen LogP) is 2.77. The van der Waals surface area contributed by atoms with Crippen LogP contribution in [0.15, 0.2) is 24.4 Å². The van der Waals surface area contributed by atoms with Crippen molar-refractivity contribution in [2.75, 3.05) is 19.0 Å². The van der Waals surface area contributed by atoms with Gasteiger partial charge in [0.1, 0.15) is 0 Å². The lowest BCUT2D eigenvalue weighted by Crippen LogP contribution is -2.16. The molecule has 3 rings (SSSR count). The van der Waals surface area contributed by atoms with E-state index in [9.17, 15) is 0 Å². The van der Waals surface area contributed by atoms with Crippen molar-refractivity contribution in [2.45, 2.75) is 31.8 Å². The Morgan fingerprint density at radius 1 is 1.40 bits per heavy atom. The van der Waals surface area contributed by atoms with Gasteiger partial charge in [-0.1, -0.05) is 6.07 Å². The van der Waals surface area contributed by atoms with E-state index in [2.05, 4.69) is 28.3 Å². The van der Waals surface area contributed by atoms with E-state index < -0.39 is 0 Å². The predicted molar refractivity (Wildman–Crippen MR) is 83.2 cm³/mol. The normalized spacial score (nSPS) is 14.5. The molecule has 0 aliphatic heterocycles. The Bertz CT molecular complexity index is 563. The fraction of sp³-hybridized carbons (Fsp3) is 0.467. The average Bonchev–Trinajstić information content (AvgIpc) is 3.21. The quantitative estimate of drug-likeness (QED) is 0.887. The molecule has 0 atom stereocenters. The van der Waals surface area contributed by atoms with Crippen LogP contribution in [0, 0.1) is 0 Å². The molecule has 0 saturated heterocycles. The van der Waals surface area contributed by atoms with Gasteiger partial charge in [0.05, 0.1) is 17.9 Å². The number of rotatable bonds is 6. The number of thiazole rings is 1. The van der Waals surface area contributed by atoms with Crippen LogP contribution < -0.4 is 10.2 Å². The van der Waals surface area contributed by atoms with Crippen molar-refractivity contribution in [1.82, 2.24) is 15.3 Å². The molecule has 0 unspecified atom stereocenters. The molecule has 1 fully saturated rings. The first kappa shape index (κ1) is 13.5. The maximum absolute atomic E-state index is 4.86. The summed E-state index contributed by atoms with van der Waals surface area (Å²) in [7, 11) is 4.08. The van der Waals surface area contributed by atoms with Crippen LogP contribution in [0.25, 0.3) is 0 Å². The summed E-state index contributed by atoms with van der Waals surface area (Å²) in [5.41, 5.74) is 2.39. The van der Waals surface area contributed by atoms with E-state index >= 15 is 0 Å². The molecule has 2 aromatic heterocycles. The first-order chi connectivity index (χ1) is 9.78. The van der Waals surface area contributed by atoms with Crippen molar-refractivity contribution in [3.8, 4) is 0 Å². The van der Waals surface area contributed by atoms with Gasteiger partial charge in [0.15, 0.2) is 5.13 Å². The zero-order chi connectivity index (χ0) is 13.9. The Hall–Kier alpha value is -1.46. The Kier molecular flexibility index (Phi) is 3.98. The lowest BCUT2D eigenvalue weighted by atomic mass is 10.2. The molecular weight excluding hydrogens is 268 g/mol. The summed E-state index contributed by atoms with van der Waals surface area (Å²) in [6, 6.07) is 6.03. The number of hydrogen-bond acceptors (Lipinski definition) is 5. The lowest BCUT2D eigenvalue weighted by Gasteiger charge is -2.14. The Morgan fingerprint density at radius 3 is 2.90 bits per heavy atom. The van der Waals surface area contributed by atoms with E-state index in [0.717, 1.165) is 23.9 Å². The summed E-state index contributed by atoms with van der Waals surface area (Å²) in [5, 5.41) is 4.35. The van der Waals surface area contributed by atoms with Gasteiger partial charge in [-0.3, -0.25) is 4.98 Å². The smallest absolute Gasteiger partial charge is 0.185 e. The molecule has 1 aliphatic carbocycles. The van der Waals surface area contributed by atoms with Crippen LogP contribution in [0.1, 0.15) is 35.0 Å². The van der Waals surface area contributed by atoms with Gasteiger partial charge in [0.2, 0.25) is 0 Å². The van der Waals surface area contributed by atoms with Crippen LogP contribution >= 0.6 is 11.3 Å². The largest absolute Gasteiger partial charge is 0.345 e.